The van der Waals surface area contributed by atoms with E-state index in [0.717, 1.165) is 6.42 Å². The highest BCUT2D eigenvalue weighted by molar-refractivity contribution is 5.77. The maximum Gasteiger partial charge on any atom is 0.0673 e. The maximum atomic E-state index is 2.54. The zero-order valence-electron chi connectivity index (χ0n) is 19.9. The van der Waals surface area contributed by atoms with E-state index < -0.39 is 0 Å². The van der Waals surface area contributed by atoms with Crippen LogP contribution in [0.1, 0.15) is 58.1 Å². The molecule has 0 saturated carbocycles. The van der Waals surface area contributed by atoms with Crippen molar-refractivity contribution in [2.24, 2.45) is 11.3 Å². The topological polar surface area (TPSA) is 0 Å². The number of hydrogen-bond donors (Lipinski definition) is 0. The van der Waals surface area contributed by atoms with E-state index in [1.54, 1.807) is 5.57 Å². The van der Waals surface area contributed by atoms with Crippen LogP contribution in [0.5, 0.6) is 0 Å². The van der Waals surface area contributed by atoms with Crippen LogP contribution in [0.3, 0.4) is 0 Å². The van der Waals surface area contributed by atoms with Crippen molar-refractivity contribution < 1.29 is 0 Å². The van der Waals surface area contributed by atoms with E-state index in [4.69, 9.17) is 0 Å². The second-order valence-electron chi connectivity index (χ2n) is 10.4. The average Bonchev–Trinajstić information content (AvgIpc) is 2.90. The van der Waals surface area contributed by atoms with Gasteiger partial charge in [-0.3, -0.25) is 0 Å². The number of hydrogen-bond acceptors (Lipinski definition) is 0. The summed E-state index contributed by atoms with van der Waals surface area (Å²) in [5.41, 5.74) is 10.00. The molecule has 0 bridgehead atoms. The average molecular weight is 419 g/mol. The highest BCUT2D eigenvalue weighted by Crippen LogP contribution is 2.59. The zero-order valence-corrected chi connectivity index (χ0v) is 19.9. The molecule has 0 saturated heterocycles. The van der Waals surface area contributed by atoms with Crippen LogP contribution in [0.2, 0.25) is 0 Å². The first-order valence-corrected chi connectivity index (χ1v) is 12.1. The molecule has 0 heterocycles. The van der Waals surface area contributed by atoms with Crippen LogP contribution in [0, 0.1) is 11.3 Å². The molecule has 5 rings (SSSR count). The van der Waals surface area contributed by atoms with Crippen molar-refractivity contribution in [2.45, 2.75) is 52.4 Å². The monoisotopic (exact) mass is 418 g/mol. The Labute approximate surface area is 193 Å². The van der Waals surface area contributed by atoms with Crippen molar-refractivity contribution in [2.75, 3.05) is 0 Å². The summed E-state index contributed by atoms with van der Waals surface area (Å²) in [5.74, 6) is 0.383. The van der Waals surface area contributed by atoms with E-state index >= 15 is 0 Å². The fraction of sp³-hybridized carbons (Fsp3) is 0.312. The Bertz CT molecular complexity index is 1120. The highest BCUT2D eigenvalue weighted by Gasteiger charge is 2.49. The van der Waals surface area contributed by atoms with Crippen LogP contribution in [-0.2, 0) is 5.41 Å². The molecule has 0 N–H and O–H groups in total. The van der Waals surface area contributed by atoms with Gasteiger partial charge in [0.05, 0.1) is 5.41 Å². The Morgan fingerprint density at radius 1 is 0.844 bits per heavy atom. The molecule has 2 aromatic rings. The summed E-state index contributed by atoms with van der Waals surface area (Å²) in [6.07, 6.45) is 15.8. The molecule has 3 aliphatic rings. The molecule has 0 radical (unpaired) electrons. The summed E-state index contributed by atoms with van der Waals surface area (Å²) in [6.45, 7) is 9.31. The van der Waals surface area contributed by atoms with Gasteiger partial charge in [-0.05, 0) is 65.5 Å². The summed E-state index contributed by atoms with van der Waals surface area (Å²) in [5, 5.41) is 0. The quantitative estimate of drug-likeness (QED) is 0.429. The lowest BCUT2D eigenvalue weighted by Gasteiger charge is -2.37. The Morgan fingerprint density at radius 3 is 2.09 bits per heavy atom. The van der Waals surface area contributed by atoms with Gasteiger partial charge in [-0.15, -0.1) is 0 Å². The number of allylic oxidation sites excluding steroid dienone is 10. The third-order valence-electron chi connectivity index (χ3n) is 7.34. The molecule has 0 spiro atoms. The van der Waals surface area contributed by atoms with E-state index in [0.29, 0.717) is 5.92 Å². The van der Waals surface area contributed by atoms with Crippen LogP contribution < -0.4 is 0 Å². The van der Waals surface area contributed by atoms with Gasteiger partial charge in [-0.25, -0.2) is 0 Å². The van der Waals surface area contributed by atoms with Crippen LogP contribution in [-0.4, -0.2) is 0 Å². The van der Waals surface area contributed by atoms with Gasteiger partial charge in [0.25, 0.3) is 0 Å². The Morgan fingerprint density at radius 2 is 1.47 bits per heavy atom. The summed E-state index contributed by atoms with van der Waals surface area (Å²) in [4.78, 5) is 0. The van der Waals surface area contributed by atoms with Crippen LogP contribution in [0.25, 0.3) is 0 Å². The maximum absolute atomic E-state index is 2.54. The molecule has 0 aliphatic heterocycles. The molecule has 0 fully saturated rings. The highest BCUT2D eigenvalue weighted by atomic mass is 14.5. The Hall–Kier alpha value is -2.86. The lowest BCUT2D eigenvalue weighted by atomic mass is 9.64. The van der Waals surface area contributed by atoms with E-state index in [2.05, 4.69) is 119 Å². The van der Waals surface area contributed by atoms with Gasteiger partial charge >= 0.3 is 0 Å². The third kappa shape index (κ3) is 3.37. The van der Waals surface area contributed by atoms with Crippen molar-refractivity contribution in [3.05, 3.63) is 130 Å². The standard InChI is InChI=1S/C32H34/c1-23-12-11-17-29-27(20-23)28-22-31(3,4)19-18-24(2)21-30(28)32(29,25-13-7-5-8-14-25)26-15-9-6-10-16-26/h5-10,13-16,18-22,24H,11-12,17H2,1-4H3. The molecular formula is C32H34. The molecule has 162 valence electrons. The lowest BCUT2D eigenvalue weighted by Crippen LogP contribution is -2.31. The third-order valence-corrected chi connectivity index (χ3v) is 7.34. The zero-order chi connectivity index (χ0) is 22.3. The summed E-state index contributed by atoms with van der Waals surface area (Å²) in [6, 6.07) is 22.5. The first kappa shape index (κ1) is 21.0. The van der Waals surface area contributed by atoms with Crippen LogP contribution in [0.15, 0.2) is 119 Å². The summed E-state index contributed by atoms with van der Waals surface area (Å²) in [7, 11) is 0. The van der Waals surface area contributed by atoms with Gasteiger partial charge in [0.1, 0.15) is 0 Å². The molecule has 32 heavy (non-hydrogen) atoms. The summed E-state index contributed by atoms with van der Waals surface area (Å²) < 4.78 is 0. The van der Waals surface area contributed by atoms with Crippen LogP contribution in [0.4, 0.5) is 0 Å². The normalized spacial score (nSPS) is 23.8. The van der Waals surface area contributed by atoms with E-state index in [9.17, 15) is 0 Å². The molecule has 0 amide bonds. The van der Waals surface area contributed by atoms with Gasteiger partial charge < -0.3 is 0 Å². The van der Waals surface area contributed by atoms with E-state index in [1.807, 2.05) is 0 Å². The first-order chi connectivity index (χ1) is 15.4. The molecular weight excluding hydrogens is 384 g/mol. The Balaban J connectivity index is 1.95. The molecule has 0 aromatic heterocycles. The molecule has 1 unspecified atom stereocenters. The van der Waals surface area contributed by atoms with Crippen molar-refractivity contribution >= 4 is 0 Å². The minimum absolute atomic E-state index is 0.0126. The second kappa shape index (κ2) is 7.93. The number of rotatable bonds is 2. The van der Waals surface area contributed by atoms with Gasteiger partial charge in [-0.2, -0.15) is 0 Å². The summed E-state index contributed by atoms with van der Waals surface area (Å²) >= 11 is 0. The fourth-order valence-corrected chi connectivity index (χ4v) is 5.93. The second-order valence-corrected chi connectivity index (χ2v) is 10.4. The predicted octanol–water partition coefficient (Wildman–Crippen LogP) is 8.50. The van der Waals surface area contributed by atoms with E-state index in [-0.39, 0.29) is 10.8 Å². The molecule has 0 nitrogen and oxygen atoms in total. The number of fused-ring (bicyclic) bond motifs is 2. The number of benzene rings is 2. The minimum Gasteiger partial charge on any atom is -0.0810 e. The smallest absolute Gasteiger partial charge is 0.0673 e. The molecule has 3 aliphatic carbocycles. The molecule has 1 atom stereocenters. The molecule has 0 heteroatoms. The largest absolute Gasteiger partial charge is 0.0810 e. The lowest BCUT2D eigenvalue weighted by molar-refractivity contribution is 0.608. The van der Waals surface area contributed by atoms with Crippen molar-refractivity contribution in [3.63, 3.8) is 0 Å². The van der Waals surface area contributed by atoms with Crippen molar-refractivity contribution in [1.29, 1.82) is 0 Å². The minimum atomic E-state index is -0.236. The van der Waals surface area contributed by atoms with Gasteiger partial charge in [0, 0.05) is 5.41 Å². The van der Waals surface area contributed by atoms with Gasteiger partial charge in [0.15, 0.2) is 0 Å². The SMILES string of the molecule is CC1=CC2=C(CCC1)C(c1ccccc1)(c1ccccc1)C1=CC(C)C=CC(C)(C)C=C12. The van der Waals surface area contributed by atoms with Crippen LogP contribution >= 0.6 is 0 Å². The van der Waals surface area contributed by atoms with Crippen molar-refractivity contribution in [3.8, 4) is 0 Å². The van der Waals surface area contributed by atoms with E-state index in [1.165, 1.54) is 46.3 Å². The predicted molar refractivity (Wildman–Crippen MR) is 137 cm³/mol. The Kier molecular flexibility index (Phi) is 5.20. The first-order valence-electron chi connectivity index (χ1n) is 12.1. The van der Waals surface area contributed by atoms with Gasteiger partial charge in [0.2, 0.25) is 0 Å². The molecule has 2 aromatic carbocycles. The fourth-order valence-electron chi connectivity index (χ4n) is 5.93. The van der Waals surface area contributed by atoms with Gasteiger partial charge in [-0.1, -0.05) is 117 Å². The van der Waals surface area contributed by atoms with Crippen molar-refractivity contribution in [1.82, 2.24) is 0 Å².